The summed E-state index contributed by atoms with van der Waals surface area (Å²) in [6.45, 7) is 2.25. The Hall–Kier alpha value is -2.98. The third-order valence-corrected chi connectivity index (χ3v) is 4.73. The number of piperazine rings is 1. The normalized spacial score (nSPS) is 15.9. The van der Waals surface area contributed by atoms with Crippen LogP contribution >= 0.6 is 0 Å². The van der Waals surface area contributed by atoms with Crippen LogP contribution in [-0.2, 0) is 0 Å². The number of rotatable bonds is 4. The molecule has 1 aromatic heterocycles. The molecule has 0 unspecified atom stereocenters. The second-order valence-electron chi connectivity index (χ2n) is 6.71. The number of anilines is 1. The van der Waals surface area contributed by atoms with Gasteiger partial charge in [0.05, 0.1) is 11.6 Å². The average molecular weight is 367 g/mol. The number of carbonyl (C=O) groups is 1. The summed E-state index contributed by atoms with van der Waals surface area (Å²) in [6.07, 6.45) is 1.60. The van der Waals surface area contributed by atoms with Gasteiger partial charge in [-0.25, -0.2) is 9.37 Å². The van der Waals surface area contributed by atoms with Crippen LogP contribution in [0.2, 0.25) is 0 Å². The lowest BCUT2D eigenvalue weighted by Gasteiger charge is -2.37. The van der Waals surface area contributed by atoms with Gasteiger partial charge in [0.25, 0.3) is 5.91 Å². The minimum absolute atomic E-state index is 0.0530. The van der Waals surface area contributed by atoms with E-state index in [1.807, 2.05) is 30.0 Å². The SMILES string of the molecule is CN(C)c1ccc(C(=O)N2CCN([C@@H](C#N)c3ccc(F)cc3)CC2)cn1. The molecule has 0 bridgehead atoms. The van der Waals surface area contributed by atoms with E-state index in [4.69, 9.17) is 0 Å². The van der Waals surface area contributed by atoms with Crippen molar-refractivity contribution in [3.8, 4) is 6.07 Å². The number of halogens is 1. The highest BCUT2D eigenvalue weighted by Gasteiger charge is 2.27. The Bertz CT molecular complexity index is 821. The minimum Gasteiger partial charge on any atom is -0.363 e. The largest absolute Gasteiger partial charge is 0.363 e. The Morgan fingerprint density at radius 1 is 1.15 bits per heavy atom. The molecular formula is C20H22FN5O. The van der Waals surface area contributed by atoms with Gasteiger partial charge in [0.15, 0.2) is 0 Å². The predicted molar refractivity (Wildman–Crippen MR) is 101 cm³/mol. The Kier molecular flexibility index (Phi) is 5.67. The van der Waals surface area contributed by atoms with Crippen LogP contribution in [0.15, 0.2) is 42.6 Å². The third-order valence-electron chi connectivity index (χ3n) is 4.73. The summed E-state index contributed by atoms with van der Waals surface area (Å²) >= 11 is 0. The molecule has 3 rings (SSSR count). The number of benzene rings is 1. The van der Waals surface area contributed by atoms with Gasteiger partial charge in [-0.2, -0.15) is 5.26 Å². The molecule has 0 spiro atoms. The summed E-state index contributed by atoms with van der Waals surface area (Å²) in [6, 6.07) is 11.5. The van der Waals surface area contributed by atoms with Crippen LogP contribution in [0, 0.1) is 17.1 Å². The topological polar surface area (TPSA) is 63.5 Å². The highest BCUT2D eigenvalue weighted by molar-refractivity contribution is 5.94. The van der Waals surface area contributed by atoms with Crippen LogP contribution in [0.4, 0.5) is 10.2 Å². The van der Waals surface area contributed by atoms with Crippen molar-refractivity contribution in [3.05, 3.63) is 59.5 Å². The second-order valence-corrected chi connectivity index (χ2v) is 6.71. The van der Waals surface area contributed by atoms with E-state index in [0.717, 1.165) is 11.4 Å². The lowest BCUT2D eigenvalue weighted by Crippen LogP contribution is -2.49. The zero-order chi connectivity index (χ0) is 19.4. The van der Waals surface area contributed by atoms with Crippen molar-refractivity contribution in [2.24, 2.45) is 0 Å². The molecule has 2 heterocycles. The molecular weight excluding hydrogens is 345 g/mol. The molecule has 0 radical (unpaired) electrons. The molecule has 1 aromatic carbocycles. The predicted octanol–water partition coefficient (Wildman–Crippen LogP) is 2.31. The summed E-state index contributed by atoms with van der Waals surface area (Å²) in [5.74, 6) is 0.426. The van der Waals surface area contributed by atoms with Crippen LogP contribution < -0.4 is 4.90 Å². The summed E-state index contributed by atoms with van der Waals surface area (Å²) in [7, 11) is 3.80. The smallest absolute Gasteiger partial charge is 0.255 e. The molecule has 27 heavy (non-hydrogen) atoms. The maximum Gasteiger partial charge on any atom is 0.255 e. The lowest BCUT2D eigenvalue weighted by atomic mass is 10.1. The molecule has 0 aliphatic carbocycles. The van der Waals surface area contributed by atoms with Gasteiger partial charge in [-0.05, 0) is 29.8 Å². The molecule has 140 valence electrons. The molecule has 6 nitrogen and oxygen atoms in total. The summed E-state index contributed by atoms with van der Waals surface area (Å²) in [5, 5.41) is 9.55. The molecule has 2 aromatic rings. The van der Waals surface area contributed by atoms with Crippen molar-refractivity contribution in [2.75, 3.05) is 45.2 Å². The second kappa shape index (κ2) is 8.14. The molecule has 0 N–H and O–H groups in total. The number of aromatic nitrogens is 1. The van der Waals surface area contributed by atoms with Crippen LogP contribution in [0.25, 0.3) is 0 Å². The van der Waals surface area contributed by atoms with E-state index in [-0.39, 0.29) is 11.7 Å². The van der Waals surface area contributed by atoms with Crippen molar-refractivity contribution in [1.29, 1.82) is 5.26 Å². The molecule has 1 amide bonds. The Labute approximate surface area is 158 Å². The summed E-state index contributed by atoms with van der Waals surface area (Å²) in [4.78, 5) is 22.7. The Morgan fingerprint density at radius 2 is 1.81 bits per heavy atom. The number of amides is 1. The fourth-order valence-electron chi connectivity index (χ4n) is 3.15. The molecule has 0 saturated carbocycles. The fourth-order valence-corrected chi connectivity index (χ4v) is 3.15. The van der Waals surface area contributed by atoms with Crippen molar-refractivity contribution < 1.29 is 9.18 Å². The number of nitriles is 1. The van der Waals surface area contributed by atoms with Gasteiger partial charge >= 0.3 is 0 Å². The molecule has 1 saturated heterocycles. The van der Waals surface area contributed by atoms with Crippen molar-refractivity contribution in [2.45, 2.75) is 6.04 Å². The highest BCUT2D eigenvalue weighted by Crippen LogP contribution is 2.22. The van der Waals surface area contributed by atoms with Gasteiger partial charge in [0, 0.05) is 46.5 Å². The molecule has 1 atom stereocenters. The van der Waals surface area contributed by atoms with E-state index in [1.54, 1.807) is 29.3 Å². The first-order valence-electron chi connectivity index (χ1n) is 8.81. The van der Waals surface area contributed by atoms with Crippen molar-refractivity contribution in [3.63, 3.8) is 0 Å². The zero-order valence-electron chi connectivity index (χ0n) is 15.5. The summed E-state index contributed by atoms with van der Waals surface area (Å²) < 4.78 is 13.1. The van der Waals surface area contributed by atoms with Gasteiger partial charge in [-0.3, -0.25) is 9.69 Å². The van der Waals surface area contributed by atoms with Crippen LogP contribution in [0.5, 0.6) is 0 Å². The van der Waals surface area contributed by atoms with Crippen LogP contribution in [0.1, 0.15) is 22.0 Å². The van der Waals surface area contributed by atoms with Crippen molar-refractivity contribution in [1.82, 2.24) is 14.8 Å². The lowest BCUT2D eigenvalue weighted by molar-refractivity contribution is 0.0606. The number of nitrogens with zero attached hydrogens (tertiary/aromatic N) is 5. The molecule has 1 fully saturated rings. The number of hydrogen-bond acceptors (Lipinski definition) is 5. The quantitative estimate of drug-likeness (QED) is 0.830. The zero-order valence-corrected chi connectivity index (χ0v) is 15.5. The first-order chi connectivity index (χ1) is 13.0. The summed E-state index contributed by atoms with van der Waals surface area (Å²) in [5.41, 5.74) is 1.33. The van der Waals surface area contributed by atoms with E-state index < -0.39 is 6.04 Å². The molecule has 7 heteroatoms. The molecule has 1 aliphatic heterocycles. The minimum atomic E-state index is -0.441. The Morgan fingerprint density at radius 3 is 2.33 bits per heavy atom. The van der Waals surface area contributed by atoms with Gasteiger partial charge in [-0.15, -0.1) is 0 Å². The van der Waals surface area contributed by atoms with Gasteiger partial charge < -0.3 is 9.80 Å². The van der Waals surface area contributed by atoms with E-state index in [0.29, 0.717) is 31.7 Å². The average Bonchev–Trinajstić information content (AvgIpc) is 2.70. The van der Waals surface area contributed by atoms with Gasteiger partial charge in [0.2, 0.25) is 0 Å². The van der Waals surface area contributed by atoms with Gasteiger partial charge in [0.1, 0.15) is 17.7 Å². The van der Waals surface area contributed by atoms with Crippen LogP contribution in [0.3, 0.4) is 0 Å². The maximum absolute atomic E-state index is 13.1. The van der Waals surface area contributed by atoms with Crippen LogP contribution in [-0.4, -0.2) is 61.0 Å². The van der Waals surface area contributed by atoms with E-state index in [9.17, 15) is 14.4 Å². The Balaban J connectivity index is 1.63. The highest BCUT2D eigenvalue weighted by atomic mass is 19.1. The van der Waals surface area contributed by atoms with E-state index in [2.05, 4.69) is 11.1 Å². The number of hydrogen-bond donors (Lipinski definition) is 0. The molecule has 1 aliphatic rings. The number of pyridine rings is 1. The third kappa shape index (κ3) is 4.23. The fraction of sp³-hybridized carbons (Fsp3) is 0.350. The first-order valence-corrected chi connectivity index (χ1v) is 8.81. The van der Waals surface area contributed by atoms with E-state index in [1.165, 1.54) is 12.1 Å². The monoisotopic (exact) mass is 367 g/mol. The van der Waals surface area contributed by atoms with Crippen molar-refractivity contribution >= 4 is 11.7 Å². The number of carbonyl (C=O) groups excluding carboxylic acids is 1. The van der Waals surface area contributed by atoms with E-state index >= 15 is 0 Å². The maximum atomic E-state index is 13.1. The first kappa shape index (κ1) is 18.8. The van der Waals surface area contributed by atoms with Gasteiger partial charge in [-0.1, -0.05) is 12.1 Å². The standard InChI is InChI=1S/C20H22FN5O/c1-24(2)19-8-5-16(14-23-19)20(27)26-11-9-25(10-12-26)18(13-22)15-3-6-17(21)7-4-15/h3-8,14,18H,9-12H2,1-2H3/t18-/m0/s1.